The average Bonchev–Trinajstić information content (AvgIpc) is 3.41. The third-order valence-corrected chi connectivity index (χ3v) is 8.27. The van der Waals surface area contributed by atoms with Crippen LogP contribution in [0.3, 0.4) is 0 Å². The van der Waals surface area contributed by atoms with Crippen LogP contribution >= 0.6 is 22.9 Å². The molecule has 4 N–H and O–H groups in total. The van der Waals surface area contributed by atoms with Crippen molar-refractivity contribution in [3.63, 3.8) is 0 Å². The van der Waals surface area contributed by atoms with Crippen molar-refractivity contribution >= 4 is 55.6 Å². The number of hydrogen-bond acceptors (Lipinski definition) is 7. The summed E-state index contributed by atoms with van der Waals surface area (Å²) in [5, 5.41) is 7.91. The van der Waals surface area contributed by atoms with Crippen molar-refractivity contribution in [1.82, 2.24) is 15.1 Å². The summed E-state index contributed by atoms with van der Waals surface area (Å²) in [5.74, 6) is 0.412. The lowest BCUT2D eigenvalue weighted by Crippen LogP contribution is -2.37. The van der Waals surface area contributed by atoms with E-state index in [9.17, 15) is 13.2 Å². The molecule has 35 heavy (non-hydrogen) atoms. The van der Waals surface area contributed by atoms with Crippen LogP contribution in [0.2, 0.25) is 4.34 Å². The van der Waals surface area contributed by atoms with E-state index in [1.807, 2.05) is 36.4 Å². The molecule has 0 unspecified atom stereocenters. The first kappa shape index (κ1) is 25.0. The van der Waals surface area contributed by atoms with Gasteiger partial charge in [-0.2, -0.15) is 5.10 Å². The van der Waals surface area contributed by atoms with Crippen molar-refractivity contribution in [2.45, 2.75) is 30.3 Å². The number of aromatic nitrogens is 2. The summed E-state index contributed by atoms with van der Waals surface area (Å²) in [6, 6.07) is 15.5. The third kappa shape index (κ3) is 5.59. The Kier molecular flexibility index (Phi) is 7.31. The van der Waals surface area contributed by atoms with Gasteiger partial charge in [-0.25, -0.2) is 8.42 Å². The first-order chi connectivity index (χ1) is 16.7. The third-order valence-electron chi connectivity index (χ3n) is 5.21. The second-order valence-electron chi connectivity index (χ2n) is 7.85. The molecule has 1 amide bonds. The highest BCUT2D eigenvalue weighted by Gasteiger charge is 2.23. The average molecular weight is 534 g/mol. The number of amides is 1. The van der Waals surface area contributed by atoms with E-state index in [1.54, 1.807) is 17.7 Å². The number of fused-ring (bicyclic) bond motifs is 1. The molecule has 0 aliphatic rings. The van der Waals surface area contributed by atoms with Crippen LogP contribution in [-0.4, -0.2) is 37.3 Å². The number of carbonyl (C=O) groups excluding carboxylic acids is 1. The van der Waals surface area contributed by atoms with Crippen molar-refractivity contribution < 1.29 is 17.9 Å². The van der Waals surface area contributed by atoms with Crippen LogP contribution < -0.4 is 20.5 Å². The molecular weight excluding hydrogens is 510 g/mol. The molecule has 4 rings (SSSR count). The lowest BCUT2D eigenvalue weighted by Gasteiger charge is -2.10. The molecule has 0 aliphatic heterocycles. The topological polar surface area (TPSA) is 128 Å². The normalized spacial score (nSPS) is 12.5. The summed E-state index contributed by atoms with van der Waals surface area (Å²) in [6.07, 6.45) is 0. The van der Waals surface area contributed by atoms with Gasteiger partial charge in [-0.1, -0.05) is 41.9 Å². The Morgan fingerprint density at radius 1 is 1.20 bits per heavy atom. The summed E-state index contributed by atoms with van der Waals surface area (Å²) >= 11 is 6.89. The minimum Gasteiger partial charge on any atom is -0.496 e. The molecule has 2 aromatic carbocycles. The quantitative estimate of drug-likeness (QED) is 0.302. The Labute approximate surface area is 211 Å². The van der Waals surface area contributed by atoms with Crippen molar-refractivity contribution in [2.24, 2.45) is 5.73 Å². The van der Waals surface area contributed by atoms with Crippen molar-refractivity contribution in [3.8, 4) is 5.75 Å². The number of anilines is 1. The minimum atomic E-state index is -3.90. The monoisotopic (exact) mass is 533 g/mol. The first-order valence-corrected chi connectivity index (χ1v) is 13.3. The first-order valence-electron chi connectivity index (χ1n) is 10.6. The Morgan fingerprint density at radius 3 is 2.63 bits per heavy atom. The number of benzene rings is 2. The molecular formula is C23H24ClN5O4S2. The van der Waals surface area contributed by atoms with Crippen LogP contribution in [0.1, 0.15) is 18.1 Å². The number of sulfonamides is 1. The van der Waals surface area contributed by atoms with Crippen molar-refractivity contribution in [3.05, 3.63) is 70.1 Å². The van der Waals surface area contributed by atoms with E-state index in [0.29, 0.717) is 34.1 Å². The highest BCUT2D eigenvalue weighted by atomic mass is 35.5. The van der Waals surface area contributed by atoms with E-state index in [-0.39, 0.29) is 15.9 Å². The number of nitrogens with zero attached hydrogens (tertiary/aromatic N) is 2. The number of carbonyl (C=O) groups is 1. The number of rotatable bonds is 9. The minimum absolute atomic E-state index is 0.0849. The Morgan fingerprint density at radius 2 is 1.94 bits per heavy atom. The van der Waals surface area contributed by atoms with Gasteiger partial charge in [0.2, 0.25) is 5.91 Å². The van der Waals surface area contributed by atoms with Gasteiger partial charge in [0.15, 0.2) is 5.82 Å². The van der Waals surface area contributed by atoms with E-state index in [0.717, 1.165) is 22.5 Å². The zero-order valence-electron chi connectivity index (χ0n) is 19.0. The van der Waals surface area contributed by atoms with E-state index in [2.05, 4.69) is 15.1 Å². The van der Waals surface area contributed by atoms with Crippen LogP contribution in [0.15, 0.2) is 58.8 Å². The van der Waals surface area contributed by atoms with Gasteiger partial charge in [-0.3, -0.25) is 14.2 Å². The number of ether oxygens (including phenoxy) is 1. The van der Waals surface area contributed by atoms with Crippen LogP contribution in [0.4, 0.5) is 5.82 Å². The van der Waals surface area contributed by atoms with Gasteiger partial charge in [0, 0.05) is 6.54 Å². The number of halogens is 1. The van der Waals surface area contributed by atoms with E-state index in [4.69, 9.17) is 22.1 Å². The van der Waals surface area contributed by atoms with E-state index in [1.165, 1.54) is 19.2 Å². The Balaban J connectivity index is 1.67. The summed E-state index contributed by atoms with van der Waals surface area (Å²) in [4.78, 5) is 11.8. The number of methoxy groups -OCH3 is 1. The second kappa shape index (κ2) is 10.2. The van der Waals surface area contributed by atoms with Gasteiger partial charge in [0.05, 0.1) is 34.9 Å². The molecule has 2 aromatic heterocycles. The largest absolute Gasteiger partial charge is 0.496 e. The zero-order valence-corrected chi connectivity index (χ0v) is 21.4. The molecule has 4 aromatic rings. The van der Waals surface area contributed by atoms with Gasteiger partial charge in [-0.15, -0.1) is 11.3 Å². The molecule has 184 valence electrons. The molecule has 0 bridgehead atoms. The lowest BCUT2D eigenvalue weighted by molar-refractivity contribution is -0.122. The standard InChI is InChI=1S/C23H24ClN5O4S2/c1-14(25)23(30)26-12-15-5-3-6-16(11-15)13-29-17-7-4-8-18(33-2)21(17)22(27-29)28-35(31,32)20-10-9-19(24)34-20/h3-11,14H,12-13,25H2,1-2H3,(H,26,30)(H,27,28)/t14-/m0/s1. The van der Waals surface area contributed by atoms with Gasteiger partial charge in [-0.05, 0) is 42.3 Å². The molecule has 12 heteroatoms. The van der Waals surface area contributed by atoms with Gasteiger partial charge in [0.1, 0.15) is 9.96 Å². The van der Waals surface area contributed by atoms with Crippen LogP contribution in [0, 0.1) is 0 Å². The summed E-state index contributed by atoms with van der Waals surface area (Å²) in [5.41, 5.74) is 8.13. The molecule has 0 spiro atoms. The Hall–Kier alpha value is -3.12. The van der Waals surface area contributed by atoms with Crippen LogP contribution in [-0.2, 0) is 27.9 Å². The maximum atomic E-state index is 13.0. The van der Waals surface area contributed by atoms with Gasteiger partial charge in [0.25, 0.3) is 10.0 Å². The predicted molar refractivity (Wildman–Crippen MR) is 137 cm³/mol. The highest BCUT2D eigenvalue weighted by molar-refractivity contribution is 7.94. The second-order valence-corrected chi connectivity index (χ2v) is 11.5. The van der Waals surface area contributed by atoms with Crippen LogP contribution in [0.25, 0.3) is 10.9 Å². The number of hydrogen-bond donors (Lipinski definition) is 3. The molecule has 0 radical (unpaired) electrons. The zero-order chi connectivity index (χ0) is 25.2. The highest BCUT2D eigenvalue weighted by Crippen LogP contribution is 2.35. The fourth-order valence-electron chi connectivity index (χ4n) is 3.54. The molecule has 2 heterocycles. The molecule has 0 fully saturated rings. The Bertz CT molecular complexity index is 1480. The molecule has 0 aliphatic carbocycles. The predicted octanol–water partition coefficient (Wildman–Crippen LogP) is 3.57. The lowest BCUT2D eigenvalue weighted by atomic mass is 10.1. The number of nitrogens with one attached hydrogen (secondary N) is 2. The van der Waals surface area contributed by atoms with Crippen molar-refractivity contribution in [2.75, 3.05) is 11.8 Å². The fourth-order valence-corrected chi connectivity index (χ4v) is 6.03. The van der Waals surface area contributed by atoms with E-state index < -0.39 is 16.1 Å². The summed E-state index contributed by atoms with van der Waals surface area (Å²) in [7, 11) is -2.38. The van der Waals surface area contributed by atoms with Crippen molar-refractivity contribution in [1.29, 1.82) is 0 Å². The SMILES string of the molecule is COc1cccc2c1c(NS(=O)(=O)c1ccc(Cl)s1)nn2Cc1cccc(CNC(=O)[C@H](C)N)c1. The van der Waals surface area contributed by atoms with Crippen LogP contribution in [0.5, 0.6) is 5.75 Å². The molecule has 0 saturated heterocycles. The van der Waals surface area contributed by atoms with E-state index >= 15 is 0 Å². The maximum absolute atomic E-state index is 13.0. The molecule has 9 nitrogen and oxygen atoms in total. The van der Waals surface area contributed by atoms with Gasteiger partial charge < -0.3 is 15.8 Å². The van der Waals surface area contributed by atoms with Gasteiger partial charge >= 0.3 is 0 Å². The molecule has 0 saturated carbocycles. The smallest absolute Gasteiger partial charge is 0.272 e. The number of thiophene rings is 1. The molecule has 1 atom stereocenters. The summed E-state index contributed by atoms with van der Waals surface area (Å²) < 4.78 is 36.1. The number of nitrogens with two attached hydrogens (primary N) is 1. The summed E-state index contributed by atoms with van der Waals surface area (Å²) in [6.45, 7) is 2.34. The fraction of sp³-hybridized carbons (Fsp3) is 0.217. The maximum Gasteiger partial charge on any atom is 0.272 e.